The molecule has 0 aliphatic carbocycles. The molecule has 1 aromatic heterocycles. The van der Waals surface area contributed by atoms with Gasteiger partial charge in [-0.3, -0.25) is 9.36 Å². The summed E-state index contributed by atoms with van der Waals surface area (Å²) in [5, 5.41) is 12.2. The molecule has 3 aromatic carbocycles. The Balaban J connectivity index is 1.50. The summed E-state index contributed by atoms with van der Waals surface area (Å²) in [6.07, 6.45) is 0. The predicted octanol–water partition coefficient (Wildman–Crippen LogP) is 4.89. The lowest BCUT2D eigenvalue weighted by atomic mass is 10.2. The fourth-order valence-electron chi connectivity index (χ4n) is 3.11. The average Bonchev–Trinajstić information content (AvgIpc) is 3.25. The van der Waals surface area contributed by atoms with E-state index in [4.69, 9.17) is 9.47 Å². The van der Waals surface area contributed by atoms with Gasteiger partial charge in [0, 0.05) is 11.4 Å². The van der Waals surface area contributed by atoms with Crippen molar-refractivity contribution in [2.45, 2.75) is 18.7 Å². The smallest absolute Gasteiger partial charge is 0.234 e. The monoisotopic (exact) mass is 460 g/mol. The number of hydrogen-bond donors (Lipinski definition) is 1. The molecule has 0 fully saturated rings. The van der Waals surface area contributed by atoms with E-state index >= 15 is 0 Å². The van der Waals surface area contributed by atoms with Crippen molar-refractivity contribution in [3.05, 3.63) is 90.3 Å². The largest absolute Gasteiger partial charge is 0.497 e. The topological polar surface area (TPSA) is 78.3 Å². The molecule has 0 radical (unpaired) electrons. The molecular weight excluding hydrogens is 436 g/mol. The summed E-state index contributed by atoms with van der Waals surface area (Å²) in [6.45, 7) is 2.26. The maximum absolute atomic E-state index is 12.4. The van der Waals surface area contributed by atoms with E-state index in [0.717, 1.165) is 22.7 Å². The average molecular weight is 461 g/mol. The molecule has 1 amide bonds. The molecule has 0 aliphatic rings. The van der Waals surface area contributed by atoms with Crippen molar-refractivity contribution in [3.63, 3.8) is 0 Å². The van der Waals surface area contributed by atoms with Crippen LogP contribution in [0.3, 0.4) is 0 Å². The zero-order valence-electron chi connectivity index (χ0n) is 18.4. The molecule has 4 aromatic rings. The van der Waals surface area contributed by atoms with Gasteiger partial charge in [-0.2, -0.15) is 0 Å². The number of nitrogens with one attached hydrogen (secondary N) is 1. The second-order valence-electron chi connectivity index (χ2n) is 7.24. The van der Waals surface area contributed by atoms with Gasteiger partial charge < -0.3 is 14.8 Å². The zero-order valence-corrected chi connectivity index (χ0v) is 19.2. The van der Waals surface area contributed by atoms with Crippen molar-refractivity contribution < 1.29 is 14.3 Å². The second kappa shape index (κ2) is 10.7. The number of nitrogens with zero attached hydrogens (tertiary/aromatic N) is 3. The second-order valence-corrected chi connectivity index (χ2v) is 8.18. The van der Waals surface area contributed by atoms with Crippen LogP contribution in [0.4, 0.5) is 5.69 Å². The summed E-state index contributed by atoms with van der Waals surface area (Å²) >= 11 is 1.33. The van der Waals surface area contributed by atoms with Crippen LogP contribution in [0.1, 0.15) is 11.4 Å². The Morgan fingerprint density at radius 1 is 0.939 bits per heavy atom. The molecule has 0 saturated carbocycles. The van der Waals surface area contributed by atoms with E-state index in [0.29, 0.717) is 16.7 Å². The minimum absolute atomic E-state index is 0.110. The summed E-state index contributed by atoms with van der Waals surface area (Å²) in [5.74, 6) is 2.20. The number of hydrogen-bond acceptors (Lipinski definition) is 6. The highest BCUT2D eigenvalue weighted by atomic mass is 32.2. The van der Waals surface area contributed by atoms with Crippen LogP contribution in [0.25, 0.3) is 5.69 Å². The van der Waals surface area contributed by atoms with E-state index < -0.39 is 0 Å². The number of methoxy groups -OCH3 is 1. The molecule has 0 aliphatic heterocycles. The van der Waals surface area contributed by atoms with Crippen LogP contribution in [0, 0.1) is 6.92 Å². The Morgan fingerprint density at radius 3 is 2.33 bits per heavy atom. The standard InChI is InChI=1S/C25H24N4O3S/c1-18-8-10-20(11-9-18)29-23(16-32-22-14-12-21(31-2)13-15-22)27-28-25(29)33-17-24(30)26-19-6-4-3-5-7-19/h3-15H,16-17H2,1-2H3,(H,26,30). The van der Waals surface area contributed by atoms with Crippen LogP contribution in [-0.2, 0) is 11.4 Å². The van der Waals surface area contributed by atoms with Gasteiger partial charge in [0.1, 0.15) is 18.1 Å². The third kappa shape index (κ3) is 5.93. The highest BCUT2D eigenvalue weighted by molar-refractivity contribution is 7.99. The van der Waals surface area contributed by atoms with Crippen molar-refractivity contribution in [2.24, 2.45) is 0 Å². The molecule has 168 valence electrons. The number of carbonyl (C=O) groups is 1. The lowest BCUT2D eigenvalue weighted by molar-refractivity contribution is -0.113. The van der Waals surface area contributed by atoms with Crippen LogP contribution in [0.15, 0.2) is 84.0 Å². The summed E-state index contributed by atoms with van der Waals surface area (Å²) in [6, 6.07) is 24.8. The van der Waals surface area contributed by atoms with Crippen LogP contribution in [0.2, 0.25) is 0 Å². The molecule has 0 spiro atoms. The quantitative estimate of drug-likeness (QED) is 0.358. The fourth-order valence-corrected chi connectivity index (χ4v) is 3.88. The zero-order chi connectivity index (χ0) is 23.0. The lowest BCUT2D eigenvalue weighted by Crippen LogP contribution is -2.14. The Kier molecular flexibility index (Phi) is 7.26. The number of aromatic nitrogens is 3. The molecule has 1 N–H and O–H groups in total. The van der Waals surface area contributed by atoms with Gasteiger partial charge >= 0.3 is 0 Å². The number of amides is 1. The third-order valence-corrected chi connectivity index (χ3v) is 5.74. The molecule has 0 bridgehead atoms. The van der Waals surface area contributed by atoms with Crippen LogP contribution < -0.4 is 14.8 Å². The fraction of sp³-hybridized carbons (Fsp3) is 0.160. The first-order valence-electron chi connectivity index (χ1n) is 10.4. The Bertz CT molecular complexity index is 1190. The van der Waals surface area contributed by atoms with Gasteiger partial charge in [0.2, 0.25) is 5.91 Å². The number of anilines is 1. The molecule has 0 saturated heterocycles. The number of para-hydroxylation sites is 1. The van der Waals surface area contributed by atoms with E-state index in [9.17, 15) is 4.79 Å². The molecule has 0 atom stereocenters. The Labute approximate surface area is 196 Å². The van der Waals surface area contributed by atoms with Gasteiger partial charge in [-0.25, -0.2) is 0 Å². The highest BCUT2D eigenvalue weighted by Gasteiger charge is 2.17. The first kappa shape index (κ1) is 22.4. The summed E-state index contributed by atoms with van der Waals surface area (Å²) in [7, 11) is 1.62. The highest BCUT2D eigenvalue weighted by Crippen LogP contribution is 2.24. The van der Waals surface area contributed by atoms with Gasteiger partial charge in [-0.15, -0.1) is 10.2 Å². The van der Waals surface area contributed by atoms with E-state index in [-0.39, 0.29) is 18.3 Å². The molecular formula is C25H24N4O3S. The molecule has 33 heavy (non-hydrogen) atoms. The molecule has 8 heteroatoms. The summed E-state index contributed by atoms with van der Waals surface area (Å²) in [5.41, 5.74) is 2.82. The minimum Gasteiger partial charge on any atom is -0.497 e. The predicted molar refractivity (Wildman–Crippen MR) is 129 cm³/mol. The van der Waals surface area contributed by atoms with Crippen LogP contribution in [0.5, 0.6) is 11.5 Å². The first-order valence-corrected chi connectivity index (χ1v) is 11.4. The number of thioether (sulfide) groups is 1. The van der Waals surface area contributed by atoms with E-state index in [1.165, 1.54) is 11.8 Å². The van der Waals surface area contributed by atoms with Crippen molar-refractivity contribution >= 4 is 23.4 Å². The van der Waals surface area contributed by atoms with Crippen LogP contribution in [-0.4, -0.2) is 33.5 Å². The first-order chi connectivity index (χ1) is 16.1. The van der Waals surface area contributed by atoms with Gasteiger partial charge in [0.05, 0.1) is 12.9 Å². The van der Waals surface area contributed by atoms with Crippen molar-refractivity contribution in [1.29, 1.82) is 0 Å². The number of benzene rings is 3. The number of carbonyl (C=O) groups excluding carboxylic acids is 1. The van der Waals surface area contributed by atoms with Crippen LogP contribution >= 0.6 is 11.8 Å². The normalized spacial score (nSPS) is 10.6. The van der Waals surface area contributed by atoms with Crippen molar-refractivity contribution in [3.8, 4) is 17.2 Å². The van der Waals surface area contributed by atoms with E-state index in [1.807, 2.05) is 90.4 Å². The van der Waals surface area contributed by atoms with Crippen molar-refractivity contribution in [2.75, 3.05) is 18.2 Å². The number of ether oxygens (including phenoxy) is 2. The molecule has 4 rings (SSSR count). The Morgan fingerprint density at radius 2 is 1.64 bits per heavy atom. The van der Waals surface area contributed by atoms with Crippen molar-refractivity contribution in [1.82, 2.24) is 14.8 Å². The molecule has 7 nitrogen and oxygen atoms in total. The van der Waals surface area contributed by atoms with E-state index in [1.54, 1.807) is 7.11 Å². The lowest BCUT2D eigenvalue weighted by Gasteiger charge is -2.12. The van der Waals surface area contributed by atoms with Gasteiger partial charge in [-0.05, 0) is 55.5 Å². The Hall–Kier alpha value is -3.78. The molecule has 0 unspecified atom stereocenters. The number of aryl methyl sites for hydroxylation is 1. The maximum atomic E-state index is 12.4. The summed E-state index contributed by atoms with van der Waals surface area (Å²) < 4.78 is 13.0. The maximum Gasteiger partial charge on any atom is 0.234 e. The SMILES string of the molecule is COc1ccc(OCc2nnc(SCC(=O)Nc3ccccc3)n2-c2ccc(C)cc2)cc1. The minimum atomic E-state index is -0.110. The van der Waals surface area contributed by atoms with Gasteiger partial charge in [0.15, 0.2) is 11.0 Å². The van der Waals surface area contributed by atoms with E-state index in [2.05, 4.69) is 15.5 Å². The summed E-state index contributed by atoms with van der Waals surface area (Å²) in [4.78, 5) is 12.4. The third-order valence-electron chi connectivity index (χ3n) is 4.81. The molecule has 1 heterocycles. The number of rotatable bonds is 9. The van der Waals surface area contributed by atoms with Gasteiger partial charge in [0.25, 0.3) is 0 Å². The van der Waals surface area contributed by atoms with Gasteiger partial charge in [-0.1, -0.05) is 47.7 Å².